The first-order chi connectivity index (χ1) is 17.7. The maximum Gasteiger partial charge on any atom is 0.407 e. The number of nitrogens with one attached hydrogen (secondary N) is 1. The van der Waals surface area contributed by atoms with E-state index >= 15 is 0 Å². The molecule has 184 valence electrons. The molecule has 36 heavy (non-hydrogen) atoms. The van der Waals surface area contributed by atoms with Gasteiger partial charge in [-0.25, -0.2) is 4.79 Å². The van der Waals surface area contributed by atoms with Crippen molar-refractivity contribution in [2.75, 3.05) is 5.73 Å². The highest BCUT2D eigenvalue weighted by atomic mass is 16.6. The second kappa shape index (κ2) is 11.2. The summed E-state index contributed by atoms with van der Waals surface area (Å²) < 4.78 is 5.98. The third-order valence-corrected chi connectivity index (χ3v) is 7.07. The zero-order chi connectivity index (χ0) is 24.7. The Morgan fingerprint density at radius 1 is 0.833 bits per heavy atom. The van der Waals surface area contributed by atoms with Gasteiger partial charge in [0.25, 0.3) is 0 Å². The molecule has 1 amide bonds. The number of nitrogens with zero attached hydrogens (tertiary/aromatic N) is 2. The largest absolute Gasteiger partial charge is 0.446 e. The van der Waals surface area contributed by atoms with E-state index in [9.17, 15) is 4.79 Å². The van der Waals surface area contributed by atoms with Gasteiger partial charge in [-0.1, -0.05) is 79.2 Å². The Bertz CT molecular complexity index is 1240. The van der Waals surface area contributed by atoms with Crippen molar-refractivity contribution in [3.8, 4) is 0 Å². The highest BCUT2D eigenvalue weighted by Gasteiger charge is 2.38. The fraction of sp³-hybridized carbons (Fsp3) is 0.300. The molecular weight excluding hydrogens is 448 g/mol. The Morgan fingerprint density at radius 2 is 1.50 bits per heavy atom. The van der Waals surface area contributed by atoms with E-state index in [4.69, 9.17) is 20.7 Å². The molecule has 1 fully saturated rings. The number of hydrogen-bond donors (Lipinski definition) is 2. The molecule has 1 aliphatic heterocycles. The Hall–Kier alpha value is -3.93. The third-order valence-electron chi connectivity index (χ3n) is 7.07. The zero-order valence-corrected chi connectivity index (χ0v) is 20.3. The minimum Gasteiger partial charge on any atom is -0.446 e. The predicted octanol–water partition coefficient (Wildman–Crippen LogP) is 5.97. The Labute approximate surface area is 212 Å². The molecule has 3 atom stereocenters. The fourth-order valence-corrected chi connectivity index (χ4v) is 5.31. The second-order valence-electron chi connectivity index (χ2n) is 9.56. The third kappa shape index (κ3) is 5.65. The monoisotopic (exact) mass is 480 g/mol. The molecule has 1 heterocycles. The van der Waals surface area contributed by atoms with Gasteiger partial charge in [0, 0.05) is 29.6 Å². The van der Waals surface area contributed by atoms with Gasteiger partial charge >= 0.3 is 6.09 Å². The fourth-order valence-electron chi connectivity index (χ4n) is 5.31. The van der Waals surface area contributed by atoms with Crippen LogP contribution in [0.25, 0.3) is 0 Å². The van der Waals surface area contributed by atoms with Crippen molar-refractivity contribution >= 4 is 23.2 Å². The van der Waals surface area contributed by atoms with E-state index < -0.39 is 0 Å². The molecule has 6 heteroatoms. The number of nitrogen functional groups attached to an aromatic ring is 1. The summed E-state index contributed by atoms with van der Waals surface area (Å²) in [6.45, 7) is 0.444. The maximum absolute atomic E-state index is 12.7. The number of anilines is 1. The summed E-state index contributed by atoms with van der Waals surface area (Å²) in [6, 6.07) is 28.0. The van der Waals surface area contributed by atoms with Gasteiger partial charge in [-0.3, -0.25) is 0 Å². The number of amides is 1. The van der Waals surface area contributed by atoms with E-state index in [1.54, 1.807) is 0 Å². The van der Waals surface area contributed by atoms with Crippen molar-refractivity contribution in [1.29, 1.82) is 0 Å². The van der Waals surface area contributed by atoms with Crippen LogP contribution in [-0.2, 0) is 11.3 Å². The molecule has 1 aliphatic carbocycles. The van der Waals surface area contributed by atoms with Crippen LogP contribution in [0.1, 0.15) is 48.8 Å². The number of carbonyl (C=O) groups excluding carboxylic acids is 1. The van der Waals surface area contributed by atoms with Gasteiger partial charge in [0.15, 0.2) is 0 Å². The van der Waals surface area contributed by atoms with E-state index in [0.29, 0.717) is 18.7 Å². The molecule has 3 aromatic carbocycles. The van der Waals surface area contributed by atoms with Gasteiger partial charge in [-0.05, 0) is 48.9 Å². The van der Waals surface area contributed by atoms with Crippen molar-refractivity contribution in [3.05, 3.63) is 102 Å². The van der Waals surface area contributed by atoms with E-state index in [1.807, 2.05) is 72.8 Å². The standard InChI is InChI=1S/C30H32N4O2/c31-24-15-9-14-23(18-24)29-27-19-25(36-30(35)32-20-21-10-3-1-4-11-21)16-7-8-17-26(27)28(33-34-29)22-12-5-2-6-13-22/h1-6,9-15,18,25-27H,7-8,16-17,19-20,31H2,(H,32,35). The minimum absolute atomic E-state index is 0.0757. The normalized spacial score (nSPS) is 21.7. The Balaban J connectivity index is 1.39. The average Bonchev–Trinajstić information content (AvgIpc) is 2.89. The molecule has 3 aromatic rings. The number of ether oxygens (including phenoxy) is 1. The molecule has 3 N–H and O–H groups in total. The first-order valence-electron chi connectivity index (χ1n) is 12.7. The molecule has 6 nitrogen and oxygen atoms in total. The van der Waals surface area contributed by atoms with E-state index in [0.717, 1.165) is 53.8 Å². The van der Waals surface area contributed by atoms with Gasteiger partial charge in [0.2, 0.25) is 0 Å². The second-order valence-corrected chi connectivity index (χ2v) is 9.56. The predicted molar refractivity (Wildman–Crippen MR) is 144 cm³/mol. The van der Waals surface area contributed by atoms with Crippen molar-refractivity contribution < 1.29 is 9.53 Å². The smallest absolute Gasteiger partial charge is 0.407 e. The number of carbonyl (C=O) groups is 1. The van der Waals surface area contributed by atoms with Gasteiger partial charge in [-0.15, -0.1) is 0 Å². The quantitative estimate of drug-likeness (QED) is 0.441. The van der Waals surface area contributed by atoms with Crippen molar-refractivity contribution in [3.63, 3.8) is 0 Å². The number of nitrogens with two attached hydrogens (primary N) is 1. The Kier molecular flexibility index (Phi) is 7.41. The molecule has 0 bridgehead atoms. The van der Waals surface area contributed by atoms with Crippen LogP contribution < -0.4 is 11.1 Å². The molecule has 2 aliphatic rings. The Morgan fingerprint density at radius 3 is 2.25 bits per heavy atom. The molecule has 0 aromatic heterocycles. The molecule has 3 unspecified atom stereocenters. The van der Waals surface area contributed by atoms with Crippen LogP contribution in [0.2, 0.25) is 0 Å². The van der Waals surface area contributed by atoms with Crippen LogP contribution >= 0.6 is 0 Å². The first kappa shape index (κ1) is 23.8. The van der Waals surface area contributed by atoms with Crippen molar-refractivity contribution in [2.45, 2.75) is 44.8 Å². The molecule has 5 rings (SSSR count). The van der Waals surface area contributed by atoms with Gasteiger partial charge in [0.05, 0.1) is 11.4 Å². The van der Waals surface area contributed by atoms with Gasteiger partial charge in [0.1, 0.15) is 6.10 Å². The number of fused-ring (bicyclic) bond motifs is 1. The number of alkyl carbamates (subject to hydrolysis) is 1. The van der Waals surface area contributed by atoms with Crippen LogP contribution in [0.3, 0.4) is 0 Å². The molecule has 0 radical (unpaired) electrons. The molecule has 0 saturated heterocycles. The maximum atomic E-state index is 12.7. The zero-order valence-electron chi connectivity index (χ0n) is 20.3. The average molecular weight is 481 g/mol. The summed E-state index contributed by atoms with van der Waals surface area (Å²) in [6.07, 6.45) is 4.03. The summed E-state index contributed by atoms with van der Waals surface area (Å²) >= 11 is 0. The van der Waals surface area contributed by atoms with E-state index in [-0.39, 0.29) is 24.0 Å². The highest BCUT2D eigenvalue weighted by molar-refractivity contribution is 6.11. The number of rotatable bonds is 5. The lowest BCUT2D eigenvalue weighted by Gasteiger charge is -2.36. The topological polar surface area (TPSA) is 89.1 Å². The number of benzene rings is 3. The lowest BCUT2D eigenvalue weighted by Crippen LogP contribution is -2.39. The molecule has 1 saturated carbocycles. The summed E-state index contributed by atoms with van der Waals surface area (Å²) in [7, 11) is 0. The van der Waals surface area contributed by atoms with Crippen LogP contribution in [-0.4, -0.2) is 23.6 Å². The lowest BCUT2D eigenvalue weighted by molar-refractivity contribution is 0.0731. The summed E-state index contributed by atoms with van der Waals surface area (Å²) in [5, 5.41) is 12.4. The highest BCUT2D eigenvalue weighted by Crippen LogP contribution is 2.37. The number of hydrogen-bond acceptors (Lipinski definition) is 5. The van der Waals surface area contributed by atoms with Crippen molar-refractivity contribution in [1.82, 2.24) is 5.32 Å². The van der Waals surface area contributed by atoms with Crippen LogP contribution in [0.5, 0.6) is 0 Å². The molecular formula is C30H32N4O2. The molecule has 0 spiro atoms. The van der Waals surface area contributed by atoms with Gasteiger partial charge < -0.3 is 15.8 Å². The van der Waals surface area contributed by atoms with Crippen LogP contribution in [0.4, 0.5) is 10.5 Å². The van der Waals surface area contributed by atoms with Crippen LogP contribution in [0.15, 0.2) is 95.1 Å². The minimum atomic E-state index is -0.379. The first-order valence-corrected chi connectivity index (χ1v) is 12.7. The lowest BCUT2D eigenvalue weighted by atomic mass is 9.72. The van der Waals surface area contributed by atoms with Gasteiger partial charge in [-0.2, -0.15) is 10.2 Å². The summed E-state index contributed by atoms with van der Waals surface area (Å²) in [5.41, 5.74) is 11.9. The summed E-state index contributed by atoms with van der Waals surface area (Å²) in [4.78, 5) is 12.7. The van der Waals surface area contributed by atoms with Crippen molar-refractivity contribution in [2.24, 2.45) is 22.0 Å². The summed E-state index contributed by atoms with van der Waals surface area (Å²) in [5.74, 6) is 0.270. The van der Waals surface area contributed by atoms with E-state index in [2.05, 4.69) is 17.4 Å². The SMILES string of the molecule is Nc1cccc(C2=NN=C(c3ccccc3)C3CCCCC(OC(=O)NCc4ccccc4)CC23)c1. The van der Waals surface area contributed by atoms with E-state index in [1.165, 1.54) is 0 Å². The van der Waals surface area contributed by atoms with Crippen LogP contribution in [0, 0.1) is 11.8 Å².